The number of ether oxygens (including phenoxy) is 1. The van der Waals surface area contributed by atoms with Crippen molar-refractivity contribution in [3.63, 3.8) is 0 Å². The third kappa shape index (κ3) is 4.29. The molecule has 0 fully saturated rings. The van der Waals surface area contributed by atoms with E-state index in [0.717, 1.165) is 30.1 Å². The first-order valence-electron chi connectivity index (χ1n) is 7.38. The summed E-state index contributed by atoms with van der Waals surface area (Å²) in [4.78, 5) is 1.27. The van der Waals surface area contributed by atoms with Gasteiger partial charge in [0.1, 0.15) is 11.5 Å². The highest BCUT2D eigenvalue weighted by molar-refractivity contribution is 7.99. The van der Waals surface area contributed by atoms with Gasteiger partial charge in [0.15, 0.2) is 0 Å². The molecule has 0 bridgehead atoms. The van der Waals surface area contributed by atoms with E-state index in [4.69, 9.17) is 4.74 Å². The highest BCUT2D eigenvalue weighted by Crippen LogP contribution is 2.32. The lowest BCUT2D eigenvalue weighted by atomic mass is 9.84. The molecule has 0 saturated heterocycles. The van der Waals surface area contributed by atoms with E-state index in [9.17, 15) is 5.11 Å². The molecule has 1 aliphatic rings. The number of hydrogen-bond donors (Lipinski definition) is 1. The van der Waals surface area contributed by atoms with Crippen LogP contribution in [0.4, 0.5) is 0 Å². The summed E-state index contributed by atoms with van der Waals surface area (Å²) in [5, 5.41) is 9.77. The summed E-state index contributed by atoms with van der Waals surface area (Å²) in [6, 6.07) is 8.25. The van der Waals surface area contributed by atoms with Gasteiger partial charge in [-0.05, 0) is 55.4 Å². The summed E-state index contributed by atoms with van der Waals surface area (Å²) in [5.74, 6) is 3.73. The lowest BCUT2D eigenvalue weighted by molar-refractivity contribution is 0.125. The van der Waals surface area contributed by atoms with Crippen LogP contribution in [-0.2, 0) is 0 Å². The van der Waals surface area contributed by atoms with E-state index in [1.807, 2.05) is 30.8 Å². The molecule has 0 heterocycles. The average Bonchev–Trinajstić information content (AvgIpc) is 2.40. The standard InChI is InChI=1S/C17H24O2S/c1-4-20-17-7-5-15(6-8-17)19-16-10-12(2)9-14(11-16)13(3)18/h5-8,11-14,18H,4,9-10H2,1-3H3. The Kier molecular flexibility index (Phi) is 5.55. The Hall–Kier alpha value is -0.930. The van der Waals surface area contributed by atoms with Crippen LogP contribution in [0.2, 0.25) is 0 Å². The van der Waals surface area contributed by atoms with E-state index in [1.165, 1.54) is 4.90 Å². The van der Waals surface area contributed by atoms with Gasteiger partial charge in [-0.2, -0.15) is 0 Å². The third-order valence-electron chi connectivity index (χ3n) is 3.63. The Bertz CT molecular complexity index is 451. The maximum absolute atomic E-state index is 9.77. The largest absolute Gasteiger partial charge is 0.462 e. The molecule has 3 heteroatoms. The Balaban J connectivity index is 2.04. The van der Waals surface area contributed by atoms with Crippen molar-refractivity contribution in [2.24, 2.45) is 11.8 Å². The molecule has 1 aromatic carbocycles. The van der Waals surface area contributed by atoms with E-state index in [1.54, 1.807) is 0 Å². The van der Waals surface area contributed by atoms with Crippen LogP contribution in [0.25, 0.3) is 0 Å². The topological polar surface area (TPSA) is 29.5 Å². The SMILES string of the molecule is CCSc1ccc(OC2=CC(C(C)O)CC(C)C2)cc1. The summed E-state index contributed by atoms with van der Waals surface area (Å²) >= 11 is 1.83. The molecule has 110 valence electrons. The molecular formula is C17H24O2S. The molecule has 0 radical (unpaired) electrons. The zero-order valence-corrected chi connectivity index (χ0v) is 13.3. The van der Waals surface area contributed by atoms with Gasteiger partial charge in [0, 0.05) is 17.2 Å². The van der Waals surface area contributed by atoms with Gasteiger partial charge in [-0.25, -0.2) is 0 Å². The van der Waals surface area contributed by atoms with Crippen LogP contribution in [-0.4, -0.2) is 17.0 Å². The van der Waals surface area contributed by atoms with Crippen LogP contribution in [0.3, 0.4) is 0 Å². The summed E-state index contributed by atoms with van der Waals surface area (Å²) in [6.07, 6.45) is 3.78. The lowest BCUT2D eigenvalue weighted by Crippen LogP contribution is -2.23. The molecule has 2 nitrogen and oxygen atoms in total. The van der Waals surface area contributed by atoms with Crippen LogP contribution < -0.4 is 4.74 Å². The second kappa shape index (κ2) is 7.19. The summed E-state index contributed by atoms with van der Waals surface area (Å²) in [6.45, 7) is 6.22. The first kappa shape index (κ1) is 15.5. The fourth-order valence-electron chi connectivity index (χ4n) is 2.60. The van der Waals surface area contributed by atoms with Crippen LogP contribution in [0, 0.1) is 11.8 Å². The second-order valence-electron chi connectivity index (χ2n) is 5.59. The average molecular weight is 292 g/mol. The van der Waals surface area contributed by atoms with Gasteiger partial charge in [0.05, 0.1) is 6.10 Å². The van der Waals surface area contributed by atoms with Crippen LogP contribution in [0.1, 0.15) is 33.6 Å². The maximum Gasteiger partial charge on any atom is 0.126 e. The minimum atomic E-state index is -0.306. The van der Waals surface area contributed by atoms with Gasteiger partial charge >= 0.3 is 0 Å². The minimum absolute atomic E-state index is 0.212. The molecule has 0 aliphatic heterocycles. The first-order chi connectivity index (χ1) is 9.58. The minimum Gasteiger partial charge on any atom is -0.462 e. The van der Waals surface area contributed by atoms with Crippen molar-refractivity contribution in [3.05, 3.63) is 36.1 Å². The highest BCUT2D eigenvalue weighted by Gasteiger charge is 2.23. The quantitative estimate of drug-likeness (QED) is 0.811. The van der Waals surface area contributed by atoms with Crippen LogP contribution in [0.5, 0.6) is 5.75 Å². The molecule has 0 spiro atoms. The van der Waals surface area contributed by atoms with Gasteiger partial charge in [0.25, 0.3) is 0 Å². The number of hydrogen-bond acceptors (Lipinski definition) is 3. The molecule has 0 saturated carbocycles. The fourth-order valence-corrected chi connectivity index (χ4v) is 3.26. The lowest BCUT2D eigenvalue weighted by Gasteiger charge is -2.27. The van der Waals surface area contributed by atoms with E-state index in [-0.39, 0.29) is 12.0 Å². The van der Waals surface area contributed by atoms with Gasteiger partial charge in [-0.15, -0.1) is 11.8 Å². The molecule has 1 aliphatic carbocycles. The molecule has 1 aromatic rings. The van der Waals surface area contributed by atoms with Gasteiger partial charge < -0.3 is 9.84 Å². The van der Waals surface area contributed by atoms with Gasteiger partial charge in [-0.1, -0.05) is 13.8 Å². The molecule has 0 aromatic heterocycles. The third-order valence-corrected chi connectivity index (χ3v) is 4.52. The summed E-state index contributed by atoms with van der Waals surface area (Å²) in [7, 11) is 0. The van der Waals surface area contributed by atoms with E-state index < -0.39 is 0 Å². The maximum atomic E-state index is 9.77. The smallest absolute Gasteiger partial charge is 0.126 e. The van der Waals surface area contributed by atoms with E-state index >= 15 is 0 Å². The van der Waals surface area contributed by atoms with Crippen molar-refractivity contribution in [2.45, 2.75) is 44.6 Å². The molecular weight excluding hydrogens is 268 g/mol. The summed E-state index contributed by atoms with van der Waals surface area (Å²) < 4.78 is 5.98. The van der Waals surface area contributed by atoms with Gasteiger partial charge in [-0.3, -0.25) is 0 Å². The predicted molar refractivity (Wildman–Crippen MR) is 85.1 cm³/mol. The van der Waals surface area contributed by atoms with E-state index in [2.05, 4.69) is 32.1 Å². The number of benzene rings is 1. The van der Waals surface area contributed by atoms with Gasteiger partial charge in [0.2, 0.25) is 0 Å². The number of thioether (sulfide) groups is 1. The van der Waals surface area contributed by atoms with Crippen molar-refractivity contribution >= 4 is 11.8 Å². The molecule has 2 rings (SSSR count). The highest BCUT2D eigenvalue weighted by atomic mass is 32.2. The number of rotatable bonds is 5. The van der Waals surface area contributed by atoms with Crippen molar-refractivity contribution in [2.75, 3.05) is 5.75 Å². The molecule has 3 unspecified atom stereocenters. The zero-order valence-electron chi connectivity index (χ0n) is 12.5. The summed E-state index contributed by atoms with van der Waals surface area (Å²) in [5.41, 5.74) is 0. The van der Waals surface area contributed by atoms with E-state index in [0.29, 0.717) is 5.92 Å². The normalized spacial score (nSPS) is 24.1. The molecule has 1 N–H and O–H groups in total. The van der Waals surface area contributed by atoms with Crippen molar-refractivity contribution in [3.8, 4) is 5.75 Å². The zero-order chi connectivity index (χ0) is 14.5. The van der Waals surface area contributed by atoms with Crippen LogP contribution in [0.15, 0.2) is 41.0 Å². The number of aliphatic hydroxyl groups is 1. The predicted octanol–water partition coefficient (Wildman–Crippen LogP) is 4.49. The Morgan fingerprint density at radius 2 is 2.05 bits per heavy atom. The second-order valence-corrected chi connectivity index (χ2v) is 6.93. The Labute approximate surface area is 126 Å². The van der Waals surface area contributed by atoms with Crippen molar-refractivity contribution < 1.29 is 9.84 Å². The Morgan fingerprint density at radius 3 is 2.65 bits per heavy atom. The number of allylic oxidation sites excluding steroid dienone is 1. The van der Waals surface area contributed by atoms with Crippen LogP contribution >= 0.6 is 11.8 Å². The first-order valence-corrected chi connectivity index (χ1v) is 8.36. The van der Waals surface area contributed by atoms with Crippen molar-refractivity contribution in [1.29, 1.82) is 0 Å². The fraction of sp³-hybridized carbons (Fsp3) is 0.529. The molecule has 20 heavy (non-hydrogen) atoms. The monoisotopic (exact) mass is 292 g/mol. The number of aliphatic hydroxyl groups excluding tert-OH is 1. The Morgan fingerprint density at radius 1 is 1.35 bits per heavy atom. The molecule has 3 atom stereocenters. The molecule has 0 amide bonds. The van der Waals surface area contributed by atoms with Crippen molar-refractivity contribution in [1.82, 2.24) is 0 Å².